The van der Waals surface area contributed by atoms with Gasteiger partial charge < -0.3 is 14.8 Å². The maximum atomic E-state index is 11.0. The van der Waals surface area contributed by atoms with Gasteiger partial charge in [0.25, 0.3) is 0 Å². The van der Waals surface area contributed by atoms with Crippen LogP contribution in [0.1, 0.15) is 10.4 Å². The predicted octanol–water partition coefficient (Wildman–Crippen LogP) is 3.09. The van der Waals surface area contributed by atoms with E-state index in [1.54, 1.807) is 7.11 Å². The number of hydrogen-bond acceptors (Lipinski definition) is 4. The normalized spacial score (nSPS) is 10.8. The van der Waals surface area contributed by atoms with Crippen molar-refractivity contribution in [1.29, 1.82) is 0 Å². The SMILES string of the molecule is COc1ccc(Br)c(-c2nc3ncc(C(=O)O)cc3[nH]2)c1. The lowest BCUT2D eigenvalue weighted by Crippen LogP contribution is -1.96. The van der Waals surface area contributed by atoms with Crippen LogP contribution in [0.25, 0.3) is 22.6 Å². The lowest BCUT2D eigenvalue weighted by molar-refractivity contribution is 0.0696. The molecule has 2 heterocycles. The molecule has 3 aromatic rings. The molecule has 0 aliphatic carbocycles. The summed E-state index contributed by atoms with van der Waals surface area (Å²) in [5, 5.41) is 8.98. The Kier molecular flexibility index (Phi) is 3.34. The van der Waals surface area contributed by atoms with Gasteiger partial charge in [-0.05, 0) is 24.3 Å². The van der Waals surface area contributed by atoms with Crippen LogP contribution in [0.4, 0.5) is 0 Å². The molecule has 0 spiro atoms. The average Bonchev–Trinajstić information content (AvgIpc) is 2.90. The van der Waals surface area contributed by atoms with Crippen LogP contribution in [0.15, 0.2) is 34.9 Å². The molecule has 0 aliphatic rings. The Bertz CT molecular complexity index is 845. The molecule has 0 saturated carbocycles. The summed E-state index contributed by atoms with van der Waals surface area (Å²) in [6, 6.07) is 7.03. The summed E-state index contributed by atoms with van der Waals surface area (Å²) in [6.07, 6.45) is 1.29. The fourth-order valence-electron chi connectivity index (χ4n) is 1.96. The second kappa shape index (κ2) is 5.17. The van der Waals surface area contributed by atoms with Crippen molar-refractivity contribution in [3.05, 3.63) is 40.5 Å². The first-order chi connectivity index (χ1) is 10.1. The van der Waals surface area contributed by atoms with Gasteiger partial charge in [0.05, 0.1) is 18.2 Å². The summed E-state index contributed by atoms with van der Waals surface area (Å²) in [5.41, 5.74) is 1.95. The third-order valence-corrected chi connectivity index (χ3v) is 3.70. The van der Waals surface area contributed by atoms with Crippen molar-refractivity contribution in [1.82, 2.24) is 15.0 Å². The highest BCUT2D eigenvalue weighted by atomic mass is 79.9. The Morgan fingerprint density at radius 1 is 1.38 bits per heavy atom. The molecule has 7 heteroatoms. The molecule has 0 unspecified atom stereocenters. The lowest BCUT2D eigenvalue weighted by atomic mass is 10.2. The quantitative estimate of drug-likeness (QED) is 0.759. The van der Waals surface area contributed by atoms with Gasteiger partial charge in [-0.25, -0.2) is 14.8 Å². The minimum Gasteiger partial charge on any atom is -0.497 e. The number of halogens is 1. The zero-order valence-corrected chi connectivity index (χ0v) is 12.5. The van der Waals surface area contributed by atoms with Crippen LogP contribution in [0, 0.1) is 0 Å². The highest BCUT2D eigenvalue weighted by molar-refractivity contribution is 9.10. The van der Waals surface area contributed by atoms with Crippen LogP contribution in [-0.2, 0) is 0 Å². The summed E-state index contributed by atoms with van der Waals surface area (Å²) < 4.78 is 6.05. The van der Waals surface area contributed by atoms with Gasteiger partial charge in [0.15, 0.2) is 5.65 Å². The minimum atomic E-state index is -1.02. The van der Waals surface area contributed by atoms with E-state index in [4.69, 9.17) is 9.84 Å². The number of pyridine rings is 1. The van der Waals surface area contributed by atoms with Crippen molar-refractivity contribution >= 4 is 33.1 Å². The van der Waals surface area contributed by atoms with Crippen molar-refractivity contribution in [2.45, 2.75) is 0 Å². The molecular weight excluding hydrogens is 338 g/mol. The molecule has 0 radical (unpaired) electrons. The highest BCUT2D eigenvalue weighted by Crippen LogP contribution is 2.31. The molecule has 1 aromatic carbocycles. The molecule has 0 atom stereocenters. The Labute approximate surface area is 127 Å². The number of H-pyrrole nitrogens is 1. The number of hydrogen-bond donors (Lipinski definition) is 2. The number of aromatic nitrogens is 3. The van der Waals surface area contributed by atoms with Crippen LogP contribution < -0.4 is 4.74 Å². The standard InChI is InChI=1S/C14H10BrN3O3/c1-21-8-2-3-10(15)9(5-8)12-17-11-4-7(14(19)20)6-16-13(11)18-12/h2-6H,1H3,(H,19,20)(H,16,17,18). The number of aromatic amines is 1. The number of ether oxygens (including phenoxy) is 1. The molecule has 0 fully saturated rings. The van der Waals surface area contributed by atoms with E-state index >= 15 is 0 Å². The van der Waals surface area contributed by atoms with Crippen molar-refractivity contribution in [3.8, 4) is 17.1 Å². The number of nitrogens with one attached hydrogen (secondary N) is 1. The van der Waals surface area contributed by atoms with Gasteiger partial charge in [-0.15, -0.1) is 0 Å². The molecule has 0 saturated heterocycles. The van der Waals surface area contributed by atoms with Crippen LogP contribution in [0.5, 0.6) is 5.75 Å². The van der Waals surface area contributed by atoms with E-state index in [9.17, 15) is 4.79 Å². The number of fused-ring (bicyclic) bond motifs is 1. The topological polar surface area (TPSA) is 88.1 Å². The number of benzene rings is 1. The first-order valence-electron chi connectivity index (χ1n) is 6.01. The molecule has 0 amide bonds. The predicted molar refractivity (Wildman–Crippen MR) is 80.5 cm³/mol. The van der Waals surface area contributed by atoms with Gasteiger partial charge in [0.2, 0.25) is 0 Å². The van der Waals surface area contributed by atoms with Crippen LogP contribution in [-0.4, -0.2) is 33.1 Å². The van der Waals surface area contributed by atoms with E-state index < -0.39 is 5.97 Å². The van der Waals surface area contributed by atoms with Gasteiger partial charge >= 0.3 is 5.97 Å². The molecule has 6 nitrogen and oxygen atoms in total. The number of aromatic carboxylic acids is 1. The molecule has 106 valence electrons. The summed E-state index contributed by atoms with van der Waals surface area (Å²) >= 11 is 3.46. The van der Waals surface area contributed by atoms with Crippen molar-refractivity contribution in [2.75, 3.05) is 7.11 Å². The van der Waals surface area contributed by atoms with Crippen LogP contribution >= 0.6 is 15.9 Å². The van der Waals surface area contributed by atoms with E-state index in [1.165, 1.54) is 12.3 Å². The molecule has 21 heavy (non-hydrogen) atoms. The number of carboxylic acid groups (broad SMARTS) is 1. The highest BCUT2D eigenvalue weighted by Gasteiger charge is 2.12. The largest absolute Gasteiger partial charge is 0.497 e. The fourth-order valence-corrected chi connectivity index (χ4v) is 2.39. The summed E-state index contributed by atoms with van der Waals surface area (Å²) in [6.45, 7) is 0. The first-order valence-corrected chi connectivity index (χ1v) is 6.81. The lowest BCUT2D eigenvalue weighted by Gasteiger charge is -2.04. The third kappa shape index (κ3) is 2.47. The van der Waals surface area contributed by atoms with E-state index in [-0.39, 0.29) is 5.56 Å². The summed E-state index contributed by atoms with van der Waals surface area (Å²) in [4.78, 5) is 22.5. The second-order valence-electron chi connectivity index (χ2n) is 4.33. The second-order valence-corrected chi connectivity index (χ2v) is 5.19. The van der Waals surface area contributed by atoms with Gasteiger partial charge in [0.1, 0.15) is 11.6 Å². The van der Waals surface area contributed by atoms with E-state index in [2.05, 4.69) is 30.9 Å². The zero-order valence-electron chi connectivity index (χ0n) is 10.9. The van der Waals surface area contributed by atoms with E-state index in [1.807, 2.05) is 18.2 Å². The van der Waals surface area contributed by atoms with Gasteiger partial charge in [0, 0.05) is 16.2 Å². The third-order valence-electron chi connectivity index (χ3n) is 3.01. The van der Waals surface area contributed by atoms with Gasteiger partial charge in [-0.3, -0.25) is 0 Å². The summed E-state index contributed by atoms with van der Waals surface area (Å²) in [5.74, 6) is 0.266. The number of rotatable bonds is 3. The van der Waals surface area contributed by atoms with Gasteiger partial charge in [-0.1, -0.05) is 15.9 Å². The number of imidazole rings is 1. The van der Waals surface area contributed by atoms with Crippen LogP contribution in [0.2, 0.25) is 0 Å². The maximum absolute atomic E-state index is 11.0. The number of carboxylic acids is 1. The number of nitrogens with zero attached hydrogens (tertiary/aromatic N) is 2. The molecular formula is C14H10BrN3O3. The van der Waals surface area contributed by atoms with Gasteiger partial charge in [-0.2, -0.15) is 0 Å². The number of methoxy groups -OCH3 is 1. The Morgan fingerprint density at radius 2 is 2.19 bits per heavy atom. The molecule has 0 aliphatic heterocycles. The zero-order chi connectivity index (χ0) is 15.0. The Balaban J connectivity index is 2.15. The molecule has 2 aromatic heterocycles. The molecule has 0 bridgehead atoms. The van der Waals surface area contributed by atoms with E-state index in [0.717, 1.165) is 10.0 Å². The monoisotopic (exact) mass is 347 g/mol. The van der Waals surface area contributed by atoms with E-state index in [0.29, 0.717) is 22.7 Å². The Morgan fingerprint density at radius 3 is 2.90 bits per heavy atom. The first kappa shape index (κ1) is 13.6. The van der Waals surface area contributed by atoms with Crippen LogP contribution in [0.3, 0.4) is 0 Å². The van der Waals surface area contributed by atoms with Crippen molar-refractivity contribution in [3.63, 3.8) is 0 Å². The average molecular weight is 348 g/mol. The minimum absolute atomic E-state index is 0.113. The Hall–Kier alpha value is -2.41. The fraction of sp³-hybridized carbons (Fsp3) is 0.0714. The van der Waals surface area contributed by atoms with Crippen molar-refractivity contribution in [2.24, 2.45) is 0 Å². The maximum Gasteiger partial charge on any atom is 0.337 e. The molecule has 2 N–H and O–H groups in total. The van der Waals surface area contributed by atoms with Crippen molar-refractivity contribution < 1.29 is 14.6 Å². The smallest absolute Gasteiger partial charge is 0.337 e. The summed E-state index contributed by atoms with van der Waals surface area (Å²) in [7, 11) is 1.59. The number of carbonyl (C=O) groups is 1. The molecule has 3 rings (SSSR count).